The first-order valence-electron chi connectivity index (χ1n) is 9.53. The van der Waals surface area contributed by atoms with Gasteiger partial charge in [0.05, 0.1) is 5.41 Å². The number of carboxylic acid groups (broad SMARTS) is 1. The second-order valence-electron chi connectivity index (χ2n) is 8.46. The van der Waals surface area contributed by atoms with Gasteiger partial charge in [-0.15, -0.1) is 0 Å². The summed E-state index contributed by atoms with van der Waals surface area (Å²) < 4.78 is 0. The Bertz CT molecular complexity index is 683. The third-order valence-electron chi connectivity index (χ3n) is 5.20. The average molecular weight is 374 g/mol. The van der Waals surface area contributed by atoms with E-state index in [0.29, 0.717) is 24.9 Å². The third-order valence-corrected chi connectivity index (χ3v) is 5.20. The Morgan fingerprint density at radius 1 is 1.00 bits per heavy atom. The second-order valence-corrected chi connectivity index (χ2v) is 8.46. The molecular formula is C21H30N2O4. The van der Waals surface area contributed by atoms with Gasteiger partial charge in [-0.3, -0.25) is 14.4 Å². The van der Waals surface area contributed by atoms with Crippen molar-refractivity contribution in [2.24, 2.45) is 10.8 Å². The molecule has 1 aromatic carbocycles. The molecule has 0 radical (unpaired) electrons. The minimum absolute atomic E-state index is 0.0317. The zero-order chi connectivity index (χ0) is 20.1. The lowest BCUT2D eigenvalue weighted by molar-refractivity contribution is -0.150. The van der Waals surface area contributed by atoms with Crippen molar-refractivity contribution < 1.29 is 19.5 Å². The molecule has 0 bridgehead atoms. The summed E-state index contributed by atoms with van der Waals surface area (Å²) in [6.07, 6.45) is 4.04. The van der Waals surface area contributed by atoms with Crippen LogP contribution in [0.2, 0.25) is 0 Å². The molecule has 0 aliphatic heterocycles. The average Bonchev–Trinajstić information content (AvgIpc) is 2.64. The maximum Gasteiger partial charge on any atom is 0.311 e. The van der Waals surface area contributed by atoms with Crippen LogP contribution >= 0.6 is 0 Å². The SMILES string of the molecule is CC(C)(C)C(=O)NCc1ccc(C(=O)NCC2(C(=O)O)CCCCC2)cc1. The first-order valence-corrected chi connectivity index (χ1v) is 9.53. The number of hydrogen-bond acceptors (Lipinski definition) is 3. The van der Waals surface area contributed by atoms with Crippen molar-refractivity contribution in [1.29, 1.82) is 0 Å². The van der Waals surface area contributed by atoms with E-state index in [-0.39, 0.29) is 18.4 Å². The van der Waals surface area contributed by atoms with Gasteiger partial charge in [0.1, 0.15) is 0 Å². The monoisotopic (exact) mass is 374 g/mol. The molecule has 0 spiro atoms. The summed E-state index contributed by atoms with van der Waals surface area (Å²) in [5.41, 5.74) is 0.0973. The van der Waals surface area contributed by atoms with E-state index in [1.54, 1.807) is 24.3 Å². The van der Waals surface area contributed by atoms with Gasteiger partial charge in [0.2, 0.25) is 5.91 Å². The van der Waals surface area contributed by atoms with Crippen LogP contribution in [0.15, 0.2) is 24.3 Å². The predicted molar refractivity (Wildman–Crippen MR) is 103 cm³/mol. The van der Waals surface area contributed by atoms with Gasteiger partial charge in [0.15, 0.2) is 0 Å². The van der Waals surface area contributed by atoms with Crippen LogP contribution in [0, 0.1) is 10.8 Å². The third kappa shape index (κ3) is 5.55. The Balaban J connectivity index is 1.91. The maximum atomic E-state index is 12.4. The zero-order valence-corrected chi connectivity index (χ0v) is 16.4. The summed E-state index contributed by atoms with van der Waals surface area (Å²) in [7, 11) is 0. The fourth-order valence-electron chi connectivity index (χ4n) is 3.27. The van der Waals surface area contributed by atoms with Gasteiger partial charge in [-0.05, 0) is 30.5 Å². The minimum Gasteiger partial charge on any atom is -0.481 e. The highest BCUT2D eigenvalue weighted by Crippen LogP contribution is 2.36. The molecule has 2 rings (SSSR count). The van der Waals surface area contributed by atoms with Crippen molar-refractivity contribution in [2.75, 3.05) is 6.54 Å². The molecule has 0 heterocycles. The molecule has 1 saturated carbocycles. The lowest BCUT2D eigenvalue weighted by Gasteiger charge is -2.33. The number of nitrogens with one attached hydrogen (secondary N) is 2. The van der Waals surface area contributed by atoms with Crippen LogP contribution in [-0.4, -0.2) is 29.4 Å². The quantitative estimate of drug-likeness (QED) is 0.713. The van der Waals surface area contributed by atoms with E-state index in [0.717, 1.165) is 24.8 Å². The first kappa shape index (κ1) is 20.9. The largest absolute Gasteiger partial charge is 0.481 e. The topological polar surface area (TPSA) is 95.5 Å². The molecule has 0 aromatic heterocycles. The van der Waals surface area contributed by atoms with Gasteiger partial charge in [0, 0.05) is 24.1 Å². The van der Waals surface area contributed by atoms with E-state index in [1.165, 1.54) is 0 Å². The first-order chi connectivity index (χ1) is 12.6. The molecule has 6 nitrogen and oxygen atoms in total. The molecule has 3 N–H and O–H groups in total. The fourth-order valence-corrected chi connectivity index (χ4v) is 3.27. The van der Waals surface area contributed by atoms with Crippen LogP contribution in [0.1, 0.15) is 68.8 Å². The van der Waals surface area contributed by atoms with Crippen LogP contribution in [0.4, 0.5) is 0 Å². The molecule has 1 aliphatic rings. The van der Waals surface area contributed by atoms with Crippen molar-refractivity contribution in [2.45, 2.75) is 59.4 Å². The molecule has 1 fully saturated rings. The van der Waals surface area contributed by atoms with E-state index < -0.39 is 16.8 Å². The lowest BCUT2D eigenvalue weighted by Crippen LogP contribution is -2.44. The summed E-state index contributed by atoms with van der Waals surface area (Å²) in [5, 5.41) is 15.2. The number of carboxylic acids is 1. The smallest absolute Gasteiger partial charge is 0.311 e. The molecule has 1 aromatic rings. The number of amides is 2. The van der Waals surface area contributed by atoms with Crippen molar-refractivity contribution in [3.8, 4) is 0 Å². The van der Waals surface area contributed by atoms with Gasteiger partial charge in [0.25, 0.3) is 5.91 Å². The number of rotatable bonds is 6. The molecule has 27 heavy (non-hydrogen) atoms. The fraction of sp³-hybridized carbons (Fsp3) is 0.571. The number of benzene rings is 1. The van der Waals surface area contributed by atoms with Crippen molar-refractivity contribution in [3.63, 3.8) is 0 Å². The minimum atomic E-state index is -0.842. The highest BCUT2D eigenvalue weighted by molar-refractivity contribution is 5.94. The van der Waals surface area contributed by atoms with E-state index in [4.69, 9.17) is 0 Å². The van der Waals surface area contributed by atoms with Crippen molar-refractivity contribution >= 4 is 17.8 Å². The standard InChI is InChI=1S/C21H30N2O4/c1-20(2,3)18(25)22-13-15-7-9-16(10-8-15)17(24)23-14-21(19(26)27)11-5-4-6-12-21/h7-10H,4-6,11-14H2,1-3H3,(H,22,25)(H,23,24)(H,26,27). The molecule has 6 heteroatoms. The van der Waals surface area contributed by atoms with Crippen molar-refractivity contribution in [3.05, 3.63) is 35.4 Å². The second kappa shape index (κ2) is 8.55. The van der Waals surface area contributed by atoms with Gasteiger partial charge < -0.3 is 15.7 Å². The number of carbonyl (C=O) groups excluding carboxylic acids is 2. The van der Waals surface area contributed by atoms with Crippen LogP contribution in [0.3, 0.4) is 0 Å². The molecule has 1 aliphatic carbocycles. The molecule has 0 saturated heterocycles. The Morgan fingerprint density at radius 2 is 1.59 bits per heavy atom. The van der Waals surface area contributed by atoms with Gasteiger partial charge >= 0.3 is 5.97 Å². The van der Waals surface area contributed by atoms with E-state index >= 15 is 0 Å². The number of carbonyl (C=O) groups is 3. The lowest BCUT2D eigenvalue weighted by atomic mass is 9.74. The molecule has 0 atom stereocenters. The summed E-state index contributed by atoms with van der Waals surface area (Å²) >= 11 is 0. The highest BCUT2D eigenvalue weighted by Gasteiger charge is 2.39. The number of aliphatic carboxylic acids is 1. The van der Waals surface area contributed by atoms with Crippen LogP contribution in [0.25, 0.3) is 0 Å². The summed E-state index contributed by atoms with van der Waals surface area (Å²) in [5.74, 6) is -1.13. The van der Waals surface area contributed by atoms with Crippen LogP contribution in [0.5, 0.6) is 0 Å². The molecule has 148 valence electrons. The Morgan fingerprint density at radius 3 is 2.11 bits per heavy atom. The molecular weight excluding hydrogens is 344 g/mol. The van der Waals surface area contributed by atoms with E-state index in [9.17, 15) is 19.5 Å². The van der Waals surface area contributed by atoms with E-state index in [1.807, 2.05) is 20.8 Å². The summed E-state index contributed by atoms with van der Waals surface area (Å²) in [4.78, 5) is 36.0. The van der Waals surface area contributed by atoms with Gasteiger partial charge in [-0.25, -0.2) is 0 Å². The van der Waals surface area contributed by atoms with Crippen LogP contribution in [-0.2, 0) is 16.1 Å². The maximum absolute atomic E-state index is 12.4. The normalized spacial score (nSPS) is 16.4. The van der Waals surface area contributed by atoms with Gasteiger partial charge in [-0.2, -0.15) is 0 Å². The van der Waals surface area contributed by atoms with Crippen molar-refractivity contribution in [1.82, 2.24) is 10.6 Å². The summed E-state index contributed by atoms with van der Waals surface area (Å²) in [6.45, 7) is 6.12. The Kier molecular flexibility index (Phi) is 6.63. The van der Waals surface area contributed by atoms with Crippen LogP contribution < -0.4 is 10.6 Å². The molecule has 0 unspecified atom stereocenters. The Labute approximate surface area is 160 Å². The van der Waals surface area contributed by atoms with Gasteiger partial charge in [-0.1, -0.05) is 52.2 Å². The summed E-state index contributed by atoms with van der Waals surface area (Å²) in [6, 6.07) is 6.99. The number of hydrogen-bond donors (Lipinski definition) is 3. The highest BCUT2D eigenvalue weighted by atomic mass is 16.4. The van der Waals surface area contributed by atoms with E-state index in [2.05, 4.69) is 10.6 Å². The molecule has 2 amide bonds. The Hall–Kier alpha value is -2.37. The zero-order valence-electron chi connectivity index (χ0n) is 16.4. The predicted octanol–water partition coefficient (Wildman–Crippen LogP) is 3.11.